The summed E-state index contributed by atoms with van der Waals surface area (Å²) in [5.41, 5.74) is 2.99. The van der Waals surface area contributed by atoms with E-state index in [-0.39, 0.29) is 11.9 Å². The monoisotopic (exact) mass is 335 g/mol. The minimum atomic E-state index is 0.182. The van der Waals surface area contributed by atoms with Crippen LogP contribution in [0.2, 0.25) is 0 Å². The molecule has 1 atom stereocenters. The van der Waals surface area contributed by atoms with Crippen LogP contribution >= 0.6 is 0 Å². The van der Waals surface area contributed by atoms with E-state index in [2.05, 4.69) is 15.4 Å². The Kier molecular flexibility index (Phi) is 4.09. The van der Waals surface area contributed by atoms with E-state index >= 15 is 0 Å². The number of benzene rings is 1. The molecule has 128 valence electrons. The van der Waals surface area contributed by atoms with E-state index < -0.39 is 0 Å². The molecule has 1 aliphatic rings. The second-order valence-corrected chi connectivity index (χ2v) is 6.52. The maximum Gasteiger partial charge on any atom is 0.227 e. The third kappa shape index (κ3) is 3.33. The molecule has 0 spiro atoms. The molecule has 4 rings (SSSR count). The van der Waals surface area contributed by atoms with Crippen LogP contribution in [-0.2, 0) is 11.2 Å². The Morgan fingerprint density at radius 1 is 1.32 bits per heavy atom. The maximum atomic E-state index is 12.5. The first-order valence-electron chi connectivity index (χ1n) is 8.58. The summed E-state index contributed by atoms with van der Waals surface area (Å²) >= 11 is 0. The van der Waals surface area contributed by atoms with Crippen LogP contribution in [0.15, 0.2) is 48.8 Å². The second-order valence-electron chi connectivity index (χ2n) is 6.52. The quantitative estimate of drug-likeness (QED) is 0.795. The largest absolute Gasteiger partial charge is 0.364 e. The molecule has 25 heavy (non-hydrogen) atoms. The van der Waals surface area contributed by atoms with Gasteiger partial charge >= 0.3 is 0 Å². The highest BCUT2D eigenvalue weighted by molar-refractivity contribution is 5.79. The van der Waals surface area contributed by atoms with Crippen molar-refractivity contribution in [3.63, 3.8) is 0 Å². The summed E-state index contributed by atoms with van der Waals surface area (Å²) in [6.45, 7) is 3.46. The van der Waals surface area contributed by atoms with Gasteiger partial charge in [0.15, 0.2) is 5.82 Å². The van der Waals surface area contributed by atoms with E-state index in [1.165, 1.54) is 0 Å². The Hall–Kier alpha value is -2.89. The number of carbonyl (C=O) groups excluding carboxylic acids is 1. The molecule has 0 aliphatic carbocycles. The van der Waals surface area contributed by atoms with E-state index in [9.17, 15) is 4.79 Å². The summed E-state index contributed by atoms with van der Waals surface area (Å²) in [6, 6.07) is 12.1. The summed E-state index contributed by atoms with van der Waals surface area (Å²) in [5, 5.41) is 7.89. The van der Waals surface area contributed by atoms with Crippen LogP contribution in [0.4, 0.5) is 5.82 Å². The number of likely N-dealkylation sites (tertiary alicyclic amines) is 1. The third-order valence-corrected chi connectivity index (χ3v) is 4.59. The molecule has 1 N–H and O–H groups in total. The Morgan fingerprint density at radius 2 is 2.16 bits per heavy atom. The molecule has 0 radical (unpaired) electrons. The van der Waals surface area contributed by atoms with Crippen molar-refractivity contribution in [3.8, 4) is 0 Å². The molecule has 1 aromatic carbocycles. The van der Waals surface area contributed by atoms with E-state index in [1.807, 2.05) is 58.9 Å². The highest BCUT2D eigenvalue weighted by Crippen LogP contribution is 2.20. The topological polar surface area (TPSA) is 62.5 Å². The highest BCUT2D eigenvalue weighted by atomic mass is 16.2. The van der Waals surface area contributed by atoms with Crippen LogP contribution in [0.3, 0.4) is 0 Å². The van der Waals surface area contributed by atoms with Crippen LogP contribution in [0.25, 0.3) is 5.52 Å². The van der Waals surface area contributed by atoms with Gasteiger partial charge in [-0.3, -0.25) is 4.79 Å². The third-order valence-electron chi connectivity index (χ3n) is 4.59. The van der Waals surface area contributed by atoms with Gasteiger partial charge in [-0.15, -0.1) is 0 Å². The summed E-state index contributed by atoms with van der Waals surface area (Å²) in [4.78, 5) is 18.9. The minimum absolute atomic E-state index is 0.182. The molecule has 2 aromatic heterocycles. The molecule has 0 saturated carbocycles. The number of aromatic nitrogens is 3. The number of hydrogen-bond donors (Lipinski definition) is 1. The molecule has 3 aromatic rings. The van der Waals surface area contributed by atoms with Crippen LogP contribution in [-0.4, -0.2) is 44.5 Å². The predicted molar refractivity (Wildman–Crippen MR) is 96.5 cm³/mol. The van der Waals surface area contributed by atoms with Crippen molar-refractivity contribution < 1.29 is 4.79 Å². The minimum Gasteiger partial charge on any atom is -0.364 e. The van der Waals surface area contributed by atoms with E-state index in [4.69, 9.17) is 0 Å². The number of amides is 1. The molecule has 6 heteroatoms. The number of nitrogens with one attached hydrogen (secondary N) is 1. The molecule has 1 fully saturated rings. The van der Waals surface area contributed by atoms with Crippen molar-refractivity contribution >= 4 is 17.2 Å². The fourth-order valence-electron chi connectivity index (χ4n) is 3.34. The van der Waals surface area contributed by atoms with Gasteiger partial charge in [-0.25, -0.2) is 9.50 Å². The molecule has 1 unspecified atom stereocenters. The first-order valence-corrected chi connectivity index (χ1v) is 8.58. The molecule has 6 nitrogen and oxygen atoms in total. The van der Waals surface area contributed by atoms with Crippen LogP contribution in [0.1, 0.15) is 17.7 Å². The Bertz CT molecular complexity index is 889. The lowest BCUT2D eigenvalue weighted by Gasteiger charge is -2.17. The van der Waals surface area contributed by atoms with E-state index in [0.29, 0.717) is 13.0 Å². The zero-order valence-corrected chi connectivity index (χ0v) is 14.2. The first kappa shape index (κ1) is 15.6. The fraction of sp³-hybridized carbons (Fsp3) is 0.316. The van der Waals surface area contributed by atoms with Crippen molar-refractivity contribution in [1.29, 1.82) is 0 Å². The fourth-order valence-corrected chi connectivity index (χ4v) is 3.34. The van der Waals surface area contributed by atoms with Crippen LogP contribution in [0.5, 0.6) is 0 Å². The standard InChI is InChI=1S/C19H21N5O/c1-14-11-17-19(20-8-10-24(17)22-14)21-16-7-9-23(13-16)18(25)12-15-5-3-2-4-6-15/h2-6,8,10-11,16H,7,9,12-13H2,1H3,(H,20,21). The summed E-state index contributed by atoms with van der Waals surface area (Å²) in [5.74, 6) is 1.01. The van der Waals surface area contributed by atoms with Gasteiger partial charge in [0.2, 0.25) is 5.91 Å². The van der Waals surface area contributed by atoms with Crippen LogP contribution < -0.4 is 5.32 Å². The number of nitrogens with zero attached hydrogens (tertiary/aromatic N) is 4. The lowest BCUT2D eigenvalue weighted by atomic mass is 10.1. The Balaban J connectivity index is 1.41. The van der Waals surface area contributed by atoms with Crippen LogP contribution in [0, 0.1) is 6.92 Å². The van der Waals surface area contributed by atoms with Gasteiger partial charge in [-0.05, 0) is 25.0 Å². The summed E-state index contributed by atoms with van der Waals surface area (Å²) in [6.07, 6.45) is 4.98. The second kappa shape index (κ2) is 6.55. The molecule has 0 bridgehead atoms. The van der Waals surface area contributed by atoms with Crippen molar-refractivity contribution in [2.45, 2.75) is 25.8 Å². The van der Waals surface area contributed by atoms with Crippen molar-refractivity contribution in [1.82, 2.24) is 19.5 Å². The number of rotatable bonds is 4. The Morgan fingerprint density at radius 3 is 3.00 bits per heavy atom. The smallest absolute Gasteiger partial charge is 0.227 e. The van der Waals surface area contributed by atoms with Gasteiger partial charge in [0.05, 0.1) is 12.1 Å². The lowest BCUT2D eigenvalue weighted by molar-refractivity contribution is -0.129. The first-order chi connectivity index (χ1) is 12.2. The average Bonchev–Trinajstić information content (AvgIpc) is 3.22. The van der Waals surface area contributed by atoms with Gasteiger partial charge in [-0.2, -0.15) is 5.10 Å². The van der Waals surface area contributed by atoms with Gasteiger partial charge in [-0.1, -0.05) is 30.3 Å². The van der Waals surface area contributed by atoms with Crippen molar-refractivity contribution in [3.05, 3.63) is 60.0 Å². The molecular formula is C19H21N5O. The molecular weight excluding hydrogens is 314 g/mol. The van der Waals surface area contributed by atoms with Crippen molar-refractivity contribution in [2.75, 3.05) is 18.4 Å². The molecule has 1 aliphatic heterocycles. The predicted octanol–water partition coefficient (Wildman–Crippen LogP) is 2.29. The number of hydrogen-bond acceptors (Lipinski definition) is 4. The average molecular weight is 335 g/mol. The molecule has 1 amide bonds. The molecule has 3 heterocycles. The number of carbonyl (C=O) groups is 1. The van der Waals surface area contributed by atoms with Gasteiger partial charge in [0.25, 0.3) is 0 Å². The Labute approximate surface area is 146 Å². The van der Waals surface area contributed by atoms with E-state index in [1.54, 1.807) is 6.20 Å². The van der Waals surface area contributed by atoms with Gasteiger partial charge in [0, 0.05) is 31.5 Å². The SMILES string of the molecule is Cc1cc2c(NC3CCN(C(=O)Cc4ccccc4)C3)nccn2n1. The maximum absolute atomic E-state index is 12.5. The zero-order valence-electron chi connectivity index (χ0n) is 14.2. The zero-order chi connectivity index (χ0) is 17.2. The number of anilines is 1. The molecule has 1 saturated heterocycles. The number of aryl methyl sites for hydroxylation is 1. The van der Waals surface area contributed by atoms with Crippen molar-refractivity contribution in [2.24, 2.45) is 0 Å². The van der Waals surface area contributed by atoms with E-state index in [0.717, 1.165) is 35.6 Å². The number of fused-ring (bicyclic) bond motifs is 1. The van der Waals surface area contributed by atoms with Gasteiger partial charge < -0.3 is 10.2 Å². The summed E-state index contributed by atoms with van der Waals surface area (Å²) < 4.78 is 1.83. The normalized spacial score (nSPS) is 17.2. The summed E-state index contributed by atoms with van der Waals surface area (Å²) in [7, 11) is 0. The lowest BCUT2D eigenvalue weighted by Crippen LogP contribution is -2.32. The van der Waals surface area contributed by atoms with Gasteiger partial charge in [0.1, 0.15) is 5.52 Å². The highest BCUT2D eigenvalue weighted by Gasteiger charge is 2.26.